The van der Waals surface area contributed by atoms with E-state index in [1.54, 1.807) is 0 Å². The Kier molecular flexibility index (Phi) is 4.74. The Balaban J connectivity index is 1.50. The fourth-order valence-corrected chi connectivity index (χ4v) is 3.51. The topological polar surface area (TPSA) is 15.3 Å². The first-order valence-corrected chi connectivity index (χ1v) is 8.38. The van der Waals surface area contributed by atoms with Crippen molar-refractivity contribution in [1.82, 2.24) is 10.2 Å². The molecule has 0 bridgehead atoms. The number of piperazine rings is 1. The first-order valence-electron chi connectivity index (χ1n) is 8.38. The average molecular weight is 272 g/mol. The Bertz CT molecular complexity index is 399. The van der Waals surface area contributed by atoms with Crippen LogP contribution in [0.5, 0.6) is 0 Å². The lowest BCUT2D eigenvalue weighted by molar-refractivity contribution is 0.112. The molecular weight excluding hydrogens is 244 g/mol. The van der Waals surface area contributed by atoms with Gasteiger partial charge in [0.15, 0.2) is 0 Å². The second kappa shape index (κ2) is 6.73. The van der Waals surface area contributed by atoms with Crippen LogP contribution in [0.4, 0.5) is 0 Å². The Hall–Kier alpha value is -0.860. The number of benzene rings is 1. The van der Waals surface area contributed by atoms with Gasteiger partial charge in [0.2, 0.25) is 0 Å². The molecule has 1 aromatic rings. The number of hydrogen-bond acceptors (Lipinski definition) is 2. The van der Waals surface area contributed by atoms with Crippen LogP contribution in [0.15, 0.2) is 30.3 Å². The molecule has 1 aliphatic carbocycles. The monoisotopic (exact) mass is 272 g/mol. The van der Waals surface area contributed by atoms with Gasteiger partial charge in [-0.2, -0.15) is 0 Å². The summed E-state index contributed by atoms with van der Waals surface area (Å²) in [5.41, 5.74) is 1.48. The maximum absolute atomic E-state index is 3.74. The van der Waals surface area contributed by atoms with E-state index in [0.717, 1.165) is 12.0 Å². The average Bonchev–Trinajstić information content (AvgIpc) is 3.33. The lowest BCUT2D eigenvalue weighted by atomic mass is 10.0. The zero-order valence-electron chi connectivity index (χ0n) is 12.7. The molecule has 20 heavy (non-hydrogen) atoms. The zero-order chi connectivity index (χ0) is 13.8. The first kappa shape index (κ1) is 14.1. The molecule has 110 valence electrons. The Morgan fingerprint density at radius 2 is 2.00 bits per heavy atom. The number of aryl methyl sites for hydroxylation is 1. The zero-order valence-corrected chi connectivity index (χ0v) is 12.7. The second-order valence-corrected chi connectivity index (χ2v) is 6.50. The highest BCUT2D eigenvalue weighted by Gasteiger charge is 2.37. The van der Waals surface area contributed by atoms with Crippen molar-refractivity contribution in [3.05, 3.63) is 35.9 Å². The van der Waals surface area contributed by atoms with Gasteiger partial charge in [-0.3, -0.25) is 4.90 Å². The molecule has 1 heterocycles. The van der Waals surface area contributed by atoms with Crippen LogP contribution in [0.3, 0.4) is 0 Å². The minimum atomic E-state index is 0.710. The lowest BCUT2D eigenvalue weighted by Crippen LogP contribution is -2.57. The summed E-state index contributed by atoms with van der Waals surface area (Å²) in [5.74, 6) is 0.983. The molecule has 1 N–H and O–H groups in total. The van der Waals surface area contributed by atoms with Crippen molar-refractivity contribution in [2.45, 2.75) is 51.1 Å². The molecule has 1 saturated carbocycles. The van der Waals surface area contributed by atoms with Gasteiger partial charge in [0.05, 0.1) is 0 Å². The Labute approximate surface area is 123 Å². The van der Waals surface area contributed by atoms with Gasteiger partial charge in [0, 0.05) is 25.2 Å². The van der Waals surface area contributed by atoms with Crippen molar-refractivity contribution in [1.29, 1.82) is 0 Å². The summed E-state index contributed by atoms with van der Waals surface area (Å²) in [6, 6.07) is 12.4. The van der Waals surface area contributed by atoms with Gasteiger partial charge in [-0.05, 0) is 50.1 Å². The van der Waals surface area contributed by atoms with Gasteiger partial charge < -0.3 is 5.32 Å². The minimum Gasteiger partial charge on any atom is -0.311 e. The van der Waals surface area contributed by atoms with Crippen molar-refractivity contribution < 1.29 is 0 Å². The smallest absolute Gasteiger partial charge is 0.0249 e. The van der Waals surface area contributed by atoms with Gasteiger partial charge in [0.1, 0.15) is 0 Å². The van der Waals surface area contributed by atoms with E-state index in [-0.39, 0.29) is 0 Å². The van der Waals surface area contributed by atoms with E-state index in [4.69, 9.17) is 0 Å². The molecule has 2 aliphatic rings. The third kappa shape index (κ3) is 3.62. The third-order valence-electron chi connectivity index (χ3n) is 4.95. The summed E-state index contributed by atoms with van der Waals surface area (Å²) in [4.78, 5) is 2.78. The second-order valence-electron chi connectivity index (χ2n) is 6.50. The van der Waals surface area contributed by atoms with E-state index in [0.29, 0.717) is 6.04 Å². The molecule has 2 atom stereocenters. The van der Waals surface area contributed by atoms with Crippen molar-refractivity contribution in [3.63, 3.8) is 0 Å². The molecule has 1 aromatic carbocycles. The van der Waals surface area contributed by atoms with Gasteiger partial charge in [-0.25, -0.2) is 0 Å². The molecule has 2 nitrogen and oxygen atoms in total. The summed E-state index contributed by atoms with van der Waals surface area (Å²) in [6.45, 7) is 6.05. The molecule has 1 saturated heterocycles. The maximum atomic E-state index is 3.74. The van der Waals surface area contributed by atoms with Gasteiger partial charge in [0.25, 0.3) is 0 Å². The Morgan fingerprint density at radius 1 is 1.20 bits per heavy atom. The number of rotatable bonds is 6. The molecule has 2 fully saturated rings. The highest BCUT2D eigenvalue weighted by Crippen LogP contribution is 2.36. The predicted molar refractivity (Wildman–Crippen MR) is 84.9 cm³/mol. The summed E-state index contributed by atoms with van der Waals surface area (Å²) in [5, 5.41) is 3.74. The molecule has 2 heteroatoms. The fourth-order valence-electron chi connectivity index (χ4n) is 3.51. The molecule has 3 rings (SSSR count). The van der Waals surface area contributed by atoms with E-state index in [1.807, 2.05) is 0 Å². The van der Waals surface area contributed by atoms with Gasteiger partial charge >= 0.3 is 0 Å². The maximum Gasteiger partial charge on any atom is 0.0249 e. The van der Waals surface area contributed by atoms with Crippen LogP contribution in [0.2, 0.25) is 0 Å². The number of nitrogens with zero attached hydrogens (tertiary/aromatic N) is 1. The number of nitrogens with one attached hydrogen (secondary N) is 1. The molecule has 0 aromatic heterocycles. The van der Waals surface area contributed by atoms with E-state index < -0.39 is 0 Å². The predicted octanol–water partition coefficient (Wildman–Crippen LogP) is 3.08. The third-order valence-corrected chi connectivity index (χ3v) is 4.95. The van der Waals surface area contributed by atoms with Crippen molar-refractivity contribution in [2.75, 3.05) is 19.6 Å². The fraction of sp³-hybridized carbons (Fsp3) is 0.667. The molecule has 0 radical (unpaired) electrons. The Morgan fingerprint density at radius 3 is 2.70 bits per heavy atom. The normalized spacial score (nSPS) is 27.6. The molecule has 1 aliphatic heterocycles. The standard InChI is InChI=1S/C18H28N2/c1-2-17-14-20(18(13-19-17)16-10-11-16)12-6-9-15-7-4-3-5-8-15/h3-5,7-8,16-19H,2,6,9-14H2,1H3. The van der Waals surface area contributed by atoms with Crippen LogP contribution in [0.1, 0.15) is 38.2 Å². The van der Waals surface area contributed by atoms with E-state index in [9.17, 15) is 0 Å². The molecule has 0 spiro atoms. The quantitative estimate of drug-likeness (QED) is 0.856. The van der Waals surface area contributed by atoms with Crippen LogP contribution < -0.4 is 5.32 Å². The van der Waals surface area contributed by atoms with Crippen LogP contribution in [0, 0.1) is 5.92 Å². The van der Waals surface area contributed by atoms with Gasteiger partial charge in [-0.15, -0.1) is 0 Å². The summed E-state index contributed by atoms with van der Waals surface area (Å²) >= 11 is 0. The van der Waals surface area contributed by atoms with Crippen LogP contribution in [-0.2, 0) is 6.42 Å². The van der Waals surface area contributed by atoms with Crippen molar-refractivity contribution in [3.8, 4) is 0 Å². The molecule has 0 amide bonds. The largest absolute Gasteiger partial charge is 0.311 e. The summed E-state index contributed by atoms with van der Waals surface area (Å²) in [6.07, 6.45) is 6.69. The summed E-state index contributed by atoms with van der Waals surface area (Å²) in [7, 11) is 0. The highest BCUT2D eigenvalue weighted by molar-refractivity contribution is 5.14. The van der Waals surface area contributed by atoms with E-state index in [2.05, 4.69) is 47.5 Å². The van der Waals surface area contributed by atoms with Crippen LogP contribution in [0.25, 0.3) is 0 Å². The van der Waals surface area contributed by atoms with Crippen LogP contribution in [-0.4, -0.2) is 36.6 Å². The molecule has 2 unspecified atom stereocenters. The van der Waals surface area contributed by atoms with Crippen molar-refractivity contribution >= 4 is 0 Å². The van der Waals surface area contributed by atoms with Crippen LogP contribution >= 0.6 is 0 Å². The van der Waals surface area contributed by atoms with Gasteiger partial charge in [-0.1, -0.05) is 37.3 Å². The summed E-state index contributed by atoms with van der Waals surface area (Å²) < 4.78 is 0. The number of hydrogen-bond donors (Lipinski definition) is 1. The van der Waals surface area contributed by atoms with E-state index in [1.165, 1.54) is 57.3 Å². The highest BCUT2D eigenvalue weighted by atomic mass is 15.2. The SMILES string of the molecule is CCC1CN(CCCc2ccccc2)C(C2CC2)CN1. The first-order chi connectivity index (χ1) is 9.86. The van der Waals surface area contributed by atoms with Crippen molar-refractivity contribution in [2.24, 2.45) is 5.92 Å². The van der Waals surface area contributed by atoms with E-state index >= 15 is 0 Å². The molecular formula is C18H28N2. The lowest BCUT2D eigenvalue weighted by Gasteiger charge is -2.40. The minimum absolute atomic E-state index is 0.710.